The van der Waals surface area contributed by atoms with E-state index in [1.807, 2.05) is 78.9 Å². The fourth-order valence-electron chi connectivity index (χ4n) is 1.18. The molecule has 0 aromatic heterocycles. The van der Waals surface area contributed by atoms with Crippen molar-refractivity contribution >= 4 is 0 Å². The third-order valence-corrected chi connectivity index (χ3v) is 2.05. The van der Waals surface area contributed by atoms with E-state index in [9.17, 15) is 0 Å². The number of hydrogen-bond donors (Lipinski definition) is 0. The molecule has 18 heavy (non-hydrogen) atoms. The Labute approximate surface area is 129 Å². The summed E-state index contributed by atoms with van der Waals surface area (Å²) in [5, 5.41) is 0. The van der Waals surface area contributed by atoms with Gasteiger partial charge in [-0.25, -0.2) is 24.3 Å². The molecule has 0 aliphatic carbocycles. The molecule has 3 rings (SSSR count). The Kier molecular flexibility index (Phi) is 11.4. The largest absolute Gasteiger partial charge is 2.00 e. The van der Waals surface area contributed by atoms with Gasteiger partial charge in [0.25, 0.3) is 0 Å². The summed E-state index contributed by atoms with van der Waals surface area (Å²) in [6.07, 6.45) is 0. The van der Waals surface area contributed by atoms with Crippen molar-refractivity contribution in [2.45, 2.75) is 6.92 Å². The number of rotatable bonds is 0. The average Bonchev–Trinajstić information content (AvgIpc) is 3.09. The summed E-state index contributed by atoms with van der Waals surface area (Å²) < 4.78 is 0. The molecule has 0 saturated carbocycles. The van der Waals surface area contributed by atoms with Crippen molar-refractivity contribution in [2.24, 2.45) is 0 Å². The molecule has 0 radical (unpaired) electrons. The number of benzene rings is 1. The van der Waals surface area contributed by atoms with Crippen molar-refractivity contribution < 1.29 is 26.2 Å². The van der Waals surface area contributed by atoms with E-state index in [0.29, 0.717) is 0 Å². The smallest absolute Gasteiger partial charge is 0.214 e. The first kappa shape index (κ1) is 16.8. The maximum Gasteiger partial charge on any atom is 2.00 e. The molecular weight excluding hydrogens is 295 g/mol. The third kappa shape index (κ3) is 9.99. The molecule has 0 spiro atoms. The summed E-state index contributed by atoms with van der Waals surface area (Å²) in [5.74, 6) is 0. The maximum atomic E-state index is 2.08. The van der Waals surface area contributed by atoms with Gasteiger partial charge in [-0.15, -0.1) is 0 Å². The van der Waals surface area contributed by atoms with Crippen molar-refractivity contribution in [2.75, 3.05) is 0 Å². The van der Waals surface area contributed by atoms with Crippen LogP contribution in [-0.2, 0) is 26.2 Å². The Hall–Kier alpha value is -1.20. The minimum absolute atomic E-state index is 0. The molecule has 0 N–H and O–H groups in total. The summed E-state index contributed by atoms with van der Waals surface area (Å²) >= 11 is 0. The maximum absolute atomic E-state index is 2.08. The van der Waals surface area contributed by atoms with Crippen LogP contribution in [0.2, 0.25) is 0 Å². The molecule has 0 atom stereocenters. The molecule has 0 saturated heterocycles. The molecule has 0 aliphatic heterocycles. The van der Waals surface area contributed by atoms with E-state index in [2.05, 4.69) is 19.1 Å². The second kappa shape index (κ2) is 12.3. The van der Waals surface area contributed by atoms with Gasteiger partial charge in [0.2, 0.25) is 0 Å². The number of hydrogen-bond acceptors (Lipinski definition) is 0. The molecule has 1 heteroatoms. The van der Waals surface area contributed by atoms with Crippen molar-refractivity contribution in [1.29, 1.82) is 0 Å². The minimum atomic E-state index is 0. The standard InChI is InChI=1S/C7H8.2C5H5.Zr/c1-7-5-3-2-4-6-7;2*1-2-4-5-3-1;/h2-6H,1H3;2*1-5H;/q;2*-1;+2. The molecule has 3 aromatic carbocycles. The Bertz CT molecular complexity index is 363. The van der Waals surface area contributed by atoms with Crippen LogP contribution in [-0.4, -0.2) is 0 Å². The van der Waals surface area contributed by atoms with Gasteiger partial charge in [-0.3, -0.25) is 0 Å². The summed E-state index contributed by atoms with van der Waals surface area (Å²) in [4.78, 5) is 0. The Balaban J connectivity index is 0.000000239. The fraction of sp³-hybridized carbons (Fsp3) is 0.0588. The van der Waals surface area contributed by atoms with Crippen LogP contribution in [0.5, 0.6) is 0 Å². The summed E-state index contributed by atoms with van der Waals surface area (Å²) in [7, 11) is 0. The number of aryl methyl sites for hydroxylation is 1. The van der Waals surface area contributed by atoms with Crippen LogP contribution in [0.3, 0.4) is 0 Å². The molecule has 3 aromatic rings. The van der Waals surface area contributed by atoms with Crippen LogP contribution in [0.15, 0.2) is 91.0 Å². The predicted octanol–water partition coefficient (Wildman–Crippen LogP) is 4.80. The van der Waals surface area contributed by atoms with Crippen molar-refractivity contribution in [1.82, 2.24) is 0 Å². The van der Waals surface area contributed by atoms with Crippen LogP contribution in [0, 0.1) is 6.92 Å². The summed E-state index contributed by atoms with van der Waals surface area (Å²) in [6.45, 7) is 2.08. The van der Waals surface area contributed by atoms with E-state index in [1.165, 1.54) is 5.56 Å². The van der Waals surface area contributed by atoms with Gasteiger partial charge < -0.3 is 0 Å². The zero-order valence-electron chi connectivity index (χ0n) is 10.7. The van der Waals surface area contributed by atoms with Gasteiger partial charge in [0.15, 0.2) is 0 Å². The molecular formula is C17H18Zr. The first-order valence-corrected chi connectivity index (χ1v) is 5.74. The minimum Gasteiger partial charge on any atom is -0.214 e. The van der Waals surface area contributed by atoms with E-state index in [4.69, 9.17) is 0 Å². The molecule has 0 nitrogen and oxygen atoms in total. The van der Waals surface area contributed by atoms with E-state index in [1.54, 1.807) is 0 Å². The zero-order chi connectivity index (χ0) is 12.2. The first-order chi connectivity index (χ1) is 8.39. The SMILES string of the molecule is Cc1ccccc1.[Zr+2].c1cc[cH-]c1.c1cc[cH-]c1. The normalized spacial score (nSPS) is 7.83. The van der Waals surface area contributed by atoms with Gasteiger partial charge in [-0.05, 0) is 6.92 Å². The monoisotopic (exact) mass is 312 g/mol. The molecule has 0 amide bonds. The van der Waals surface area contributed by atoms with Gasteiger partial charge in [-0.1, -0.05) is 35.9 Å². The first-order valence-electron chi connectivity index (χ1n) is 5.74. The second-order valence-corrected chi connectivity index (χ2v) is 3.58. The Morgan fingerprint density at radius 3 is 1.17 bits per heavy atom. The molecule has 0 unspecified atom stereocenters. The molecule has 0 aliphatic rings. The van der Waals surface area contributed by atoms with Crippen LogP contribution in [0.1, 0.15) is 5.56 Å². The quantitative estimate of drug-likeness (QED) is 0.523. The summed E-state index contributed by atoms with van der Waals surface area (Å²) in [6, 6.07) is 30.3. The van der Waals surface area contributed by atoms with E-state index >= 15 is 0 Å². The van der Waals surface area contributed by atoms with Gasteiger partial charge >= 0.3 is 26.2 Å². The Morgan fingerprint density at radius 2 is 1.00 bits per heavy atom. The topological polar surface area (TPSA) is 0 Å². The predicted molar refractivity (Wildman–Crippen MR) is 75.2 cm³/mol. The molecule has 0 heterocycles. The molecule has 0 bridgehead atoms. The van der Waals surface area contributed by atoms with Crippen LogP contribution in [0.25, 0.3) is 0 Å². The van der Waals surface area contributed by atoms with Gasteiger partial charge in [-0.2, -0.15) is 36.4 Å². The third-order valence-electron chi connectivity index (χ3n) is 2.05. The van der Waals surface area contributed by atoms with Crippen LogP contribution < -0.4 is 0 Å². The van der Waals surface area contributed by atoms with E-state index in [-0.39, 0.29) is 26.2 Å². The van der Waals surface area contributed by atoms with E-state index < -0.39 is 0 Å². The summed E-state index contributed by atoms with van der Waals surface area (Å²) in [5.41, 5.74) is 1.32. The van der Waals surface area contributed by atoms with Crippen molar-refractivity contribution in [3.8, 4) is 0 Å². The van der Waals surface area contributed by atoms with E-state index in [0.717, 1.165) is 0 Å². The molecule has 0 fully saturated rings. The van der Waals surface area contributed by atoms with Crippen molar-refractivity contribution in [3.05, 3.63) is 96.6 Å². The average molecular weight is 314 g/mol. The van der Waals surface area contributed by atoms with Gasteiger partial charge in [0, 0.05) is 0 Å². The Morgan fingerprint density at radius 1 is 0.611 bits per heavy atom. The molecule has 90 valence electrons. The van der Waals surface area contributed by atoms with Gasteiger partial charge in [0.1, 0.15) is 0 Å². The fourth-order valence-corrected chi connectivity index (χ4v) is 1.18. The van der Waals surface area contributed by atoms with Crippen LogP contribution in [0.4, 0.5) is 0 Å². The van der Waals surface area contributed by atoms with Crippen molar-refractivity contribution in [3.63, 3.8) is 0 Å². The second-order valence-electron chi connectivity index (χ2n) is 3.58. The zero-order valence-corrected chi connectivity index (χ0v) is 13.1. The van der Waals surface area contributed by atoms with Crippen LogP contribution >= 0.6 is 0 Å². The van der Waals surface area contributed by atoms with Gasteiger partial charge in [0.05, 0.1) is 0 Å².